The summed E-state index contributed by atoms with van der Waals surface area (Å²) < 4.78 is 21.2. The van der Waals surface area contributed by atoms with Crippen molar-refractivity contribution >= 4 is 5.91 Å². The third-order valence-corrected chi connectivity index (χ3v) is 10.3. The molecule has 1 saturated heterocycles. The molecule has 2 aromatic carbocycles. The topological polar surface area (TPSA) is 103 Å². The molecule has 0 bridgehead atoms. The van der Waals surface area contributed by atoms with Gasteiger partial charge in [-0.1, -0.05) is 6.07 Å². The molecule has 234 valence electrons. The van der Waals surface area contributed by atoms with Gasteiger partial charge in [0.15, 0.2) is 5.75 Å². The molecule has 3 aromatic rings. The molecule has 2 atom stereocenters. The van der Waals surface area contributed by atoms with E-state index in [1.54, 1.807) is 31.6 Å². The van der Waals surface area contributed by atoms with E-state index in [0.29, 0.717) is 40.5 Å². The van der Waals surface area contributed by atoms with Crippen LogP contribution in [0.25, 0.3) is 11.1 Å². The second kappa shape index (κ2) is 12.5. The maximum Gasteiger partial charge on any atom is 0.217 e. The number of aromatic nitrogens is 2. The molecule has 7 rings (SSSR count). The summed E-state index contributed by atoms with van der Waals surface area (Å²) in [7, 11) is 0. The SMILES string of the molecule is CC(=O)NC1CCC(CN2CCC3(CCC(c4ncncc4Oc4ccc(F)cc4-c4ccc(C#N)cc4C4CC4)C3)N2)CC1. The van der Waals surface area contributed by atoms with E-state index in [-0.39, 0.29) is 23.2 Å². The summed E-state index contributed by atoms with van der Waals surface area (Å²) in [5, 5.41) is 15.0. The van der Waals surface area contributed by atoms with Crippen molar-refractivity contribution in [2.75, 3.05) is 13.1 Å². The van der Waals surface area contributed by atoms with Crippen LogP contribution in [0.1, 0.15) is 99.8 Å². The van der Waals surface area contributed by atoms with E-state index in [1.165, 1.54) is 12.1 Å². The monoisotopic (exact) mass is 608 g/mol. The Morgan fingerprint density at radius 3 is 2.69 bits per heavy atom. The number of nitriles is 1. The Labute approximate surface area is 264 Å². The van der Waals surface area contributed by atoms with Crippen LogP contribution in [-0.4, -0.2) is 45.6 Å². The number of hydrogen-bond donors (Lipinski definition) is 2. The number of hydrazine groups is 1. The largest absolute Gasteiger partial charge is 0.453 e. The molecule has 3 saturated carbocycles. The third kappa shape index (κ3) is 6.58. The zero-order valence-corrected chi connectivity index (χ0v) is 25.9. The van der Waals surface area contributed by atoms with Crippen molar-refractivity contribution < 1.29 is 13.9 Å². The fourth-order valence-electron chi connectivity index (χ4n) is 7.95. The van der Waals surface area contributed by atoms with E-state index in [2.05, 4.69) is 26.8 Å². The lowest BCUT2D eigenvalue weighted by Crippen LogP contribution is -2.46. The van der Waals surface area contributed by atoms with Crippen LogP contribution in [0.5, 0.6) is 11.5 Å². The molecular weight excluding hydrogens is 567 g/mol. The molecule has 1 aromatic heterocycles. The second-order valence-corrected chi connectivity index (χ2v) is 13.6. The van der Waals surface area contributed by atoms with E-state index in [9.17, 15) is 14.4 Å². The molecule has 0 radical (unpaired) electrons. The molecule has 8 nitrogen and oxygen atoms in total. The van der Waals surface area contributed by atoms with Crippen LogP contribution < -0.4 is 15.5 Å². The van der Waals surface area contributed by atoms with Gasteiger partial charge in [-0.25, -0.2) is 24.8 Å². The van der Waals surface area contributed by atoms with Gasteiger partial charge in [0.25, 0.3) is 0 Å². The molecule has 9 heteroatoms. The fourth-order valence-corrected chi connectivity index (χ4v) is 7.95. The van der Waals surface area contributed by atoms with Gasteiger partial charge >= 0.3 is 0 Å². The first-order valence-electron chi connectivity index (χ1n) is 16.5. The highest BCUT2D eigenvalue weighted by atomic mass is 19.1. The Kier molecular flexibility index (Phi) is 8.28. The zero-order chi connectivity index (χ0) is 31.0. The summed E-state index contributed by atoms with van der Waals surface area (Å²) in [4.78, 5) is 20.5. The number of hydrogen-bond acceptors (Lipinski definition) is 7. The van der Waals surface area contributed by atoms with E-state index < -0.39 is 0 Å². The lowest BCUT2D eigenvalue weighted by Gasteiger charge is -2.33. The normalized spacial score (nSPS) is 26.6. The summed E-state index contributed by atoms with van der Waals surface area (Å²) in [6.45, 7) is 3.69. The number of amides is 1. The predicted molar refractivity (Wildman–Crippen MR) is 169 cm³/mol. The van der Waals surface area contributed by atoms with E-state index in [1.807, 2.05) is 12.1 Å². The van der Waals surface area contributed by atoms with Crippen molar-refractivity contribution in [1.29, 1.82) is 5.26 Å². The minimum atomic E-state index is -0.330. The molecule has 1 spiro atoms. The average molecular weight is 609 g/mol. The van der Waals surface area contributed by atoms with Gasteiger partial charge in [0.05, 0.1) is 23.5 Å². The van der Waals surface area contributed by atoms with Gasteiger partial charge in [0.2, 0.25) is 5.91 Å². The number of carbonyl (C=O) groups is 1. The Hall–Kier alpha value is -3.87. The van der Waals surface area contributed by atoms with Crippen molar-refractivity contribution in [2.24, 2.45) is 5.92 Å². The minimum absolute atomic E-state index is 0.0585. The number of ether oxygens (including phenoxy) is 1. The van der Waals surface area contributed by atoms with Gasteiger partial charge < -0.3 is 10.1 Å². The van der Waals surface area contributed by atoms with E-state index in [4.69, 9.17) is 9.72 Å². The second-order valence-electron chi connectivity index (χ2n) is 13.6. The highest BCUT2D eigenvalue weighted by molar-refractivity contribution is 5.76. The maximum atomic E-state index is 14.6. The molecule has 3 aliphatic carbocycles. The zero-order valence-electron chi connectivity index (χ0n) is 25.9. The number of nitrogens with one attached hydrogen (secondary N) is 2. The van der Waals surface area contributed by atoms with Gasteiger partial charge in [-0.3, -0.25) is 4.79 Å². The molecule has 4 aliphatic rings. The maximum absolute atomic E-state index is 14.6. The summed E-state index contributed by atoms with van der Waals surface area (Å²) in [5.74, 6) is 2.17. The molecule has 1 aliphatic heterocycles. The van der Waals surface area contributed by atoms with Crippen LogP contribution in [0.4, 0.5) is 4.39 Å². The van der Waals surface area contributed by atoms with Crippen molar-refractivity contribution in [1.82, 2.24) is 25.7 Å². The van der Waals surface area contributed by atoms with Crippen LogP contribution in [0, 0.1) is 23.1 Å². The molecule has 2 N–H and O–H groups in total. The molecule has 1 amide bonds. The van der Waals surface area contributed by atoms with Crippen LogP contribution in [0.3, 0.4) is 0 Å². The number of rotatable bonds is 8. The Morgan fingerprint density at radius 1 is 1.07 bits per heavy atom. The average Bonchev–Trinajstić information content (AvgIpc) is 3.71. The molecule has 2 heterocycles. The van der Waals surface area contributed by atoms with Gasteiger partial charge in [-0.2, -0.15) is 5.26 Å². The first-order chi connectivity index (χ1) is 21.9. The Bertz CT molecular complexity index is 1610. The number of benzene rings is 2. The lowest BCUT2D eigenvalue weighted by molar-refractivity contribution is -0.119. The van der Waals surface area contributed by atoms with Crippen LogP contribution >= 0.6 is 0 Å². The minimum Gasteiger partial charge on any atom is -0.453 e. The molecule has 4 fully saturated rings. The van der Waals surface area contributed by atoms with Crippen molar-refractivity contribution in [3.63, 3.8) is 0 Å². The summed E-state index contributed by atoms with van der Waals surface area (Å²) in [5.41, 5.74) is 8.14. The highest BCUT2D eigenvalue weighted by Gasteiger charge is 2.45. The molecule has 2 unspecified atom stereocenters. The van der Waals surface area contributed by atoms with Gasteiger partial charge in [0, 0.05) is 43.1 Å². The molecular formula is C36H41FN6O2. The highest BCUT2D eigenvalue weighted by Crippen LogP contribution is 2.49. The number of carbonyl (C=O) groups excluding carboxylic acids is 1. The summed E-state index contributed by atoms with van der Waals surface area (Å²) in [6, 6.07) is 12.9. The van der Waals surface area contributed by atoms with Gasteiger partial charge in [0.1, 0.15) is 17.9 Å². The quantitative estimate of drug-likeness (QED) is 0.292. The predicted octanol–water partition coefficient (Wildman–Crippen LogP) is 6.74. The van der Waals surface area contributed by atoms with Crippen molar-refractivity contribution in [3.8, 4) is 28.7 Å². The van der Waals surface area contributed by atoms with E-state index >= 15 is 0 Å². The lowest BCUT2D eigenvalue weighted by atomic mass is 9.86. The van der Waals surface area contributed by atoms with Gasteiger partial charge in [-0.05, 0) is 118 Å². The molecule has 45 heavy (non-hydrogen) atoms. The number of halogens is 1. The number of nitrogens with zero attached hydrogens (tertiary/aromatic N) is 4. The smallest absolute Gasteiger partial charge is 0.217 e. The fraction of sp³-hybridized carbons (Fsp3) is 0.500. The summed E-state index contributed by atoms with van der Waals surface area (Å²) in [6.07, 6.45) is 14.0. The third-order valence-electron chi connectivity index (χ3n) is 10.3. The first-order valence-corrected chi connectivity index (χ1v) is 16.5. The van der Waals surface area contributed by atoms with Crippen molar-refractivity contribution in [2.45, 2.75) is 94.5 Å². The van der Waals surface area contributed by atoms with Crippen molar-refractivity contribution in [3.05, 3.63) is 71.6 Å². The first kappa shape index (κ1) is 29.8. The summed E-state index contributed by atoms with van der Waals surface area (Å²) >= 11 is 0. The van der Waals surface area contributed by atoms with E-state index in [0.717, 1.165) is 94.1 Å². The Balaban J connectivity index is 1.05. The van der Waals surface area contributed by atoms with Gasteiger partial charge in [-0.15, -0.1) is 0 Å². The van der Waals surface area contributed by atoms with Crippen LogP contribution in [-0.2, 0) is 4.79 Å². The van der Waals surface area contributed by atoms with Crippen LogP contribution in [0.15, 0.2) is 48.9 Å². The van der Waals surface area contributed by atoms with Crippen LogP contribution in [0.2, 0.25) is 0 Å². The Morgan fingerprint density at radius 2 is 1.91 bits per heavy atom. The standard InChI is InChI=1S/C36H41FN6O2/c1-23(44)41-29-8-2-24(3-9-29)21-43-15-14-36(42-43)13-12-27(18-36)35-34(20-39-22-40-35)45-33-11-7-28(37)17-32(33)30-10-4-25(19-38)16-31(30)26-5-6-26/h4,7,10-11,16-17,20,22,24,26-27,29,42H,2-3,5-6,8-9,12-15,18,21H2,1H3,(H,41,44).